The summed E-state index contributed by atoms with van der Waals surface area (Å²) < 4.78 is 15.8. The number of benzene rings is 2. The van der Waals surface area contributed by atoms with Gasteiger partial charge in [0.05, 0.1) is 23.5 Å². The van der Waals surface area contributed by atoms with Crippen molar-refractivity contribution in [1.29, 1.82) is 0 Å². The Morgan fingerprint density at radius 1 is 0.939 bits per heavy atom. The molecule has 0 aliphatic rings. The highest BCUT2D eigenvalue weighted by molar-refractivity contribution is 6.10. The Morgan fingerprint density at radius 2 is 1.61 bits per heavy atom. The van der Waals surface area contributed by atoms with Crippen molar-refractivity contribution in [3.63, 3.8) is 0 Å². The zero-order chi connectivity index (χ0) is 24.6. The Bertz CT molecular complexity index is 981. The molecule has 0 heterocycles. The fourth-order valence-electron chi connectivity index (χ4n) is 3.66. The zero-order valence-electron chi connectivity index (χ0n) is 19.8. The molecule has 0 fully saturated rings. The van der Waals surface area contributed by atoms with E-state index in [1.807, 2.05) is 13.0 Å². The van der Waals surface area contributed by atoms with E-state index in [2.05, 4.69) is 0 Å². The monoisotopic (exact) mass is 456 g/mol. The summed E-state index contributed by atoms with van der Waals surface area (Å²) >= 11 is 0. The van der Waals surface area contributed by atoms with E-state index in [9.17, 15) is 19.5 Å². The van der Waals surface area contributed by atoms with Crippen molar-refractivity contribution < 1.29 is 33.7 Å². The van der Waals surface area contributed by atoms with Gasteiger partial charge in [-0.25, -0.2) is 0 Å². The molecule has 0 radical (unpaired) electrons. The molecule has 1 unspecified atom stereocenters. The standard InChI is InChI=1S/C26H32O7/c1-6-26(4,24(30)31-5)17-25(2,3)23(29)33-15-14-32-19-12-13-20(21(27)16-19)22(28)18-10-8-7-9-11-18/h7-13,16,27H,6,14-15,17H2,1-5H3. The quantitative estimate of drug-likeness (QED) is 0.301. The number of esters is 2. The topological polar surface area (TPSA) is 99.1 Å². The Kier molecular flexibility index (Phi) is 8.63. The van der Waals surface area contributed by atoms with Crippen LogP contribution in [0.3, 0.4) is 0 Å². The lowest BCUT2D eigenvalue weighted by atomic mass is 9.72. The van der Waals surface area contributed by atoms with Gasteiger partial charge < -0.3 is 19.3 Å². The molecule has 0 saturated heterocycles. The maximum atomic E-state index is 12.6. The van der Waals surface area contributed by atoms with Crippen molar-refractivity contribution in [2.45, 2.75) is 40.5 Å². The van der Waals surface area contributed by atoms with Gasteiger partial charge in [-0.2, -0.15) is 0 Å². The number of phenolic OH excluding ortho intramolecular Hbond substituents is 1. The molecule has 0 bridgehead atoms. The summed E-state index contributed by atoms with van der Waals surface area (Å²) in [5, 5.41) is 10.2. The minimum atomic E-state index is -0.892. The second-order valence-corrected chi connectivity index (χ2v) is 8.82. The minimum absolute atomic E-state index is 0.00517. The highest BCUT2D eigenvalue weighted by Crippen LogP contribution is 2.38. The molecule has 0 amide bonds. The summed E-state index contributed by atoms with van der Waals surface area (Å²) in [4.78, 5) is 37.2. The van der Waals surface area contributed by atoms with Crippen molar-refractivity contribution >= 4 is 17.7 Å². The van der Waals surface area contributed by atoms with Gasteiger partial charge in [0.15, 0.2) is 5.78 Å². The van der Waals surface area contributed by atoms with Crippen LogP contribution in [0.2, 0.25) is 0 Å². The number of carbonyl (C=O) groups excluding carboxylic acids is 3. The SMILES string of the molecule is CCC(C)(CC(C)(C)C(=O)OCCOc1ccc(C(=O)c2ccccc2)c(O)c1)C(=O)OC. The summed E-state index contributed by atoms with van der Waals surface area (Å²) in [6.07, 6.45) is 0.819. The van der Waals surface area contributed by atoms with Gasteiger partial charge in [-0.15, -0.1) is 0 Å². The third-order valence-corrected chi connectivity index (χ3v) is 5.68. The highest BCUT2D eigenvalue weighted by atomic mass is 16.6. The van der Waals surface area contributed by atoms with E-state index in [0.717, 1.165) is 0 Å². The van der Waals surface area contributed by atoms with Gasteiger partial charge in [0, 0.05) is 11.6 Å². The summed E-state index contributed by atoms with van der Waals surface area (Å²) in [5.74, 6) is -0.941. The number of ether oxygens (including phenoxy) is 3. The van der Waals surface area contributed by atoms with Crippen LogP contribution < -0.4 is 4.74 Å². The summed E-state index contributed by atoms with van der Waals surface area (Å²) in [7, 11) is 1.33. The zero-order valence-corrected chi connectivity index (χ0v) is 19.8. The van der Waals surface area contributed by atoms with Gasteiger partial charge in [0.25, 0.3) is 0 Å². The number of carbonyl (C=O) groups is 3. The fourth-order valence-corrected chi connectivity index (χ4v) is 3.66. The predicted octanol–water partition coefficient (Wildman–Crippen LogP) is 4.55. The van der Waals surface area contributed by atoms with Crippen LogP contribution in [-0.2, 0) is 19.1 Å². The van der Waals surface area contributed by atoms with Crippen molar-refractivity contribution in [3.8, 4) is 11.5 Å². The molecular formula is C26H32O7. The molecule has 0 saturated carbocycles. The van der Waals surface area contributed by atoms with Crippen molar-refractivity contribution in [1.82, 2.24) is 0 Å². The van der Waals surface area contributed by atoms with Gasteiger partial charge in [0.1, 0.15) is 24.7 Å². The van der Waals surface area contributed by atoms with Crippen molar-refractivity contribution in [2.24, 2.45) is 10.8 Å². The normalized spacial score (nSPS) is 13.0. The van der Waals surface area contributed by atoms with Crippen LogP contribution in [0, 0.1) is 10.8 Å². The fraction of sp³-hybridized carbons (Fsp3) is 0.423. The van der Waals surface area contributed by atoms with Crippen LogP contribution in [0.4, 0.5) is 0 Å². The van der Waals surface area contributed by atoms with E-state index in [4.69, 9.17) is 14.2 Å². The third-order valence-electron chi connectivity index (χ3n) is 5.68. The van der Waals surface area contributed by atoms with Crippen LogP contribution in [0.15, 0.2) is 48.5 Å². The van der Waals surface area contributed by atoms with E-state index >= 15 is 0 Å². The molecule has 7 heteroatoms. The molecule has 0 aromatic heterocycles. The number of hydrogen-bond acceptors (Lipinski definition) is 7. The smallest absolute Gasteiger partial charge is 0.311 e. The second kappa shape index (κ2) is 11.0. The van der Waals surface area contributed by atoms with E-state index in [1.165, 1.54) is 19.2 Å². The summed E-state index contributed by atoms with van der Waals surface area (Å²) in [6.45, 7) is 7.17. The summed E-state index contributed by atoms with van der Waals surface area (Å²) in [6, 6.07) is 13.1. The summed E-state index contributed by atoms with van der Waals surface area (Å²) in [5.41, 5.74) is -1.03. The molecule has 2 aromatic carbocycles. The molecule has 33 heavy (non-hydrogen) atoms. The van der Waals surface area contributed by atoms with Crippen LogP contribution in [0.1, 0.15) is 56.5 Å². The number of hydrogen-bond donors (Lipinski definition) is 1. The molecule has 178 valence electrons. The highest BCUT2D eigenvalue weighted by Gasteiger charge is 2.42. The van der Waals surface area contributed by atoms with E-state index < -0.39 is 16.8 Å². The Labute approximate surface area is 194 Å². The first kappa shape index (κ1) is 25.9. The number of phenols is 1. The molecule has 0 aliphatic carbocycles. The molecule has 0 aliphatic heterocycles. The maximum absolute atomic E-state index is 12.6. The third kappa shape index (κ3) is 6.57. The number of rotatable bonds is 11. The van der Waals surface area contributed by atoms with Gasteiger partial charge >= 0.3 is 11.9 Å². The molecular weight excluding hydrogens is 424 g/mol. The van der Waals surface area contributed by atoms with Crippen LogP contribution in [0.5, 0.6) is 11.5 Å². The molecule has 1 atom stereocenters. The Morgan fingerprint density at radius 3 is 2.18 bits per heavy atom. The average molecular weight is 457 g/mol. The minimum Gasteiger partial charge on any atom is -0.507 e. The van der Waals surface area contributed by atoms with Gasteiger partial charge in [-0.3, -0.25) is 14.4 Å². The average Bonchev–Trinajstić information content (AvgIpc) is 2.80. The van der Waals surface area contributed by atoms with E-state index in [1.54, 1.807) is 51.1 Å². The lowest BCUT2D eigenvalue weighted by Crippen LogP contribution is -2.38. The first-order valence-corrected chi connectivity index (χ1v) is 10.9. The molecule has 7 nitrogen and oxygen atoms in total. The molecule has 2 rings (SSSR count). The molecule has 0 spiro atoms. The lowest BCUT2D eigenvalue weighted by molar-refractivity contribution is -0.162. The maximum Gasteiger partial charge on any atom is 0.311 e. The number of methoxy groups -OCH3 is 1. The lowest BCUT2D eigenvalue weighted by Gasteiger charge is -2.33. The Balaban J connectivity index is 1.90. The van der Waals surface area contributed by atoms with Crippen LogP contribution in [-0.4, -0.2) is 43.2 Å². The molecule has 2 aromatic rings. The van der Waals surface area contributed by atoms with Gasteiger partial charge in [0.2, 0.25) is 0 Å². The van der Waals surface area contributed by atoms with E-state index in [0.29, 0.717) is 17.7 Å². The predicted molar refractivity (Wildman–Crippen MR) is 123 cm³/mol. The largest absolute Gasteiger partial charge is 0.507 e. The molecule has 1 N–H and O–H groups in total. The first-order chi connectivity index (χ1) is 15.5. The van der Waals surface area contributed by atoms with Crippen LogP contribution in [0.25, 0.3) is 0 Å². The Hall–Kier alpha value is -3.35. The number of aromatic hydroxyl groups is 1. The van der Waals surface area contributed by atoms with Gasteiger partial charge in [-0.05, 0) is 45.7 Å². The van der Waals surface area contributed by atoms with E-state index in [-0.39, 0.29) is 42.7 Å². The van der Waals surface area contributed by atoms with Crippen LogP contribution >= 0.6 is 0 Å². The van der Waals surface area contributed by atoms with Crippen molar-refractivity contribution in [3.05, 3.63) is 59.7 Å². The second-order valence-electron chi connectivity index (χ2n) is 8.82. The first-order valence-electron chi connectivity index (χ1n) is 10.9. The van der Waals surface area contributed by atoms with Gasteiger partial charge in [-0.1, -0.05) is 37.3 Å². The van der Waals surface area contributed by atoms with Crippen molar-refractivity contribution in [2.75, 3.05) is 20.3 Å². The number of ketones is 1.